The third-order valence-corrected chi connectivity index (χ3v) is 17.1. The van der Waals surface area contributed by atoms with E-state index in [0.717, 1.165) is 128 Å². The average Bonchev–Trinajstić information content (AvgIpc) is 1.00. The van der Waals surface area contributed by atoms with Crippen LogP contribution in [0.3, 0.4) is 0 Å². The van der Waals surface area contributed by atoms with Gasteiger partial charge in [0.2, 0.25) is 5.91 Å². The van der Waals surface area contributed by atoms with Gasteiger partial charge in [0.15, 0.2) is 6.29 Å². The second-order valence-electron chi connectivity index (χ2n) is 25.7. The van der Waals surface area contributed by atoms with E-state index in [4.69, 9.17) is 9.47 Å². The van der Waals surface area contributed by atoms with Crippen molar-refractivity contribution in [3.63, 3.8) is 0 Å². The summed E-state index contributed by atoms with van der Waals surface area (Å²) in [6, 6.07) is -0.833. The summed E-state index contributed by atoms with van der Waals surface area (Å²) in [5.41, 5.74) is 0. The molecule has 7 atom stereocenters. The van der Waals surface area contributed by atoms with Crippen molar-refractivity contribution in [2.24, 2.45) is 0 Å². The molecule has 6 N–H and O–H groups in total. The zero-order chi connectivity index (χ0) is 67.1. The highest BCUT2D eigenvalue weighted by Crippen LogP contribution is 2.23. The topological polar surface area (TPSA) is 149 Å². The van der Waals surface area contributed by atoms with Crippen molar-refractivity contribution in [1.82, 2.24) is 5.32 Å². The zero-order valence-electron chi connectivity index (χ0n) is 59.5. The smallest absolute Gasteiger partial charge is 0.220 e. The van der Waals surface area contributed by atoms with E-state index >= 15 is 0 Å². The molecule has 1 saturated heterocycles. The average molecular weight is 1290 g/mol. The van der Waals surface area contributed by atoms with E-state index in [1.807, 2.05) is 6.08 Å². The lowest BCUT2D eigenvalue weighted by atomic mass is 9.99. The molecule has 0 aromatic carbocycles. The maximum atomic E-state index is 13.1. The molecule has 9 nitrogen and oxygen atoms in total. The summed E-state index contributed by atoms with van der Waals surface area (Å²) < 4.78 is 11.3. The second-order valence-corrected chi connectivity index (χ2v) is 25.7. The molecule has 1 aliphatic rings. The molecule has 93 heavy (non-hydrogen) atoms. The predicted molar refractivity (Wildman–Crippen MR) is 400 cm³/mol. The first kappa shape index (κ1) is 86.8. The Hall–Kier alpha value is -4.19. The molecular weight excluding hydrogens is 1150 g/mol. The molecule has 530 valence electrons. The summed E-state index contributed by atoms with van der Waals surface area (Å²) in [6.45, 7) is 3.67. The molecule has 1 rings (SSSR count). The van der Waals surface area contributed by atoms with E-state index in [9.17, 15) is 30.3 Å². The Kier molecular flexibility index (Phi) is 65.9. The Balaban J connectivity index is 2.17. The van der Waals surface area contributed by atoms with Gasteiger partial charge in [0.1, 0.15) is 24.4 Å². The fourth-order valence-electron chi connectivity index (χ4n) is 11.2. The first-order chi connectivity index (χ1) is 45.8. The van der Waals surface area contributed by atoms with Crippen LogP contribution in [0.5, 0.6) is 0 Å². The summed E-state index contributed by atoms with van der Waals surface area (Å²) in [7, 11) is 0. The Bertz CT molecular complexity index is 2040. The zero-order valence-corrected chi connectivity index (χ0v) is 59.5. The molecule has 0 radical (unpaired) electrons. The van der Waals surface area contributed by atoms with Crippen LogP contribution in [0.4, 0.5) is 0 Å². The number of nitrogens with one attached hydrogen (secondary N) is 1. The molecule has 0 spiro atoms. The summed E-state index contributed by atoms with van der Waals surface area (Å²) in [5, 5.41) is 54.8. The van der Waals surface area contributed by atoms with E-state index in [0.29, 0.717) is 6.42 Å². The van der Waals surface area contributed by atoms with Crippen molar-refractivity contribution in [3.8, 4) is 0 Å². The number of hydrogen-bond acceptors (Lipinski definition) is 8. The van der Waals surface area contributed by atoms with Crippen LogP contribution >= 0.6 is 0 Å². The van der Waals surface area contributed by atoms with Gasteiger partial charge in [0.25, 0.3) is 0 Å². The van der Waals surface area contributed by atoms with Gasteiger partial charge in [-0.1, -0.05) is 352 Å². The van der Waals surface area contributed by atoms with Gasteiger partial charge in [-0.25, -0.2) is 0 Å². The van der Waals surface area contributed by atoms with Gasteiger partial charge in [0, 0.05) is 6.42 Å². The maximum absolute atomic E-state index is 13.1. The molecule has 1 heterocycles. The van der Waals surface area contributed by atoms with Crippen molar-refractivity contribution in [1.29, 1.82) is 0 Å². The Labute approximate surface area is 571 Å². The molecule has 0 aliphatic carbocycles. The fraction of sp³-hybridized carbons (Fsp3) is 0.679. The van der Waals surface area contributed by atoms with Crippen molar-refractivity contribution in [2.45, 2.75) is 352 Å². The van der Waals surface area contributed by atoms with Crippen LogP contribution in [-0.4, -0.2) is 87.5 Å². The number of ether oxygens (including phenoxy) is 2. The monoisotopic (exact) mass is 1290 g/mol. The number of aliphatic hydroxyl groups excluding tert-OH is 5. The van der Waals surface area contributed by atoms with E-state index in [1.54, 1.807) is 6.08 Å². The van der Waals surface area contributed by atoms with E-state index in [-0.39, 0.29) is 12.5 Å². The highest BCUT2D eigenvalue weighted by molar-refractivity contribution is 5.76. The lowest BCUT2D eigenvalue weighted by molar-refractivity contribution is -0.302. The minimum absolute atomic E-state index is 0.204. The Morgan fingerprint density at radius 2 is 0.667 bits per heavy atom. The van der Waals surface area contributed by atoms with Crippen molar-refractivity contribution >= 4 is 5.91 Å². The molecule has 0 aromatic rings. The highest BCUT2D eigenvalue weighted by atomic mass is 16.7. The Morgan fingerprint density at radius 1 is 0.376 bits per heavy atom. The first-order valence-corrected chi connectivity index (χ1v) is 38.2. The summed E-state index contributed by atoms with van der Waals surface area (Å²) in [4.78, 5) is 13.1. The van der Waals surface area contributed by atoms with Gasteiger partial charge in [0.05, 0.1) is 25.4 Å². The minimum atomic E-state index is -1.58. The normalized spacial score (nSPS) is 18.5. The van der Waals surface area contributed by atoms with Crippen molar-refractivity contribution < 1.29 is 39.8 Å². The quantitative estimate of drug-likeness (QED) is 0.0261. The van der Waals surface area contributed by atoms with Gasteiger partial charge in [-0.3, -0.25) is 4.79 Å². The van der Waals surface area contributed by atoms with Crippen LogP contribution < -0.4 is 5.32 Å². The molecule has 0 saturated carbocycles. The van der Waals surface area contributed by atoms with Crippen LogP contribution in [0.2, 0.25) is 0 Å². The number of amides is 1. The molecule has 1 amide bonds. The second kappa shape index (κ2) is 70.6. The number of aliphatic hydroxyl groups is 5. The molecular formula is C84H141NO8. The van der Waals surface area contributed by atoms with E-state index in [2.05, 4.69) is 165 Å². The van der Waals surface area contributed by atoms with Gasteiger partial charge in [-0.15, -0.1) is 0 Å². The fourth-order valence-corrected chi connectivity index (χ4v) is 11.2. The largest absolute Gasteiger partial charge is 0.394 e. The van der Waals surface area contributed by atoms with Gasteiger partial charge < -0.3 is 40.3 Å². The standard InChI is InChI=1S/C84H141NO8/c1-3-5-7-9-11-13-15-17-19-21-23-25-27-29-31-33-34-35-36-37-38-39-40-41-42-43-44-46-48-50-52-54-56-58-60-62-64-66-68-70-72-74-80(88)85-77(76-92-84-83(91)82(90)81(89)79(75-86)93-84)78(87)73-71-69-67-65-63-61-59-57-55-53-51-49-47-45-32-30-28-26-24-22-20-18-16-14-12-10-8-6-4-2/h5,7,11,13,17,19,23,25,29,31,34-35,37-38,40-41,43-44,48,50,54,56,60,62,71,73,77-79,81-84,86-87,89-91H,3-4,6,8-10,12,14-16,18,20-22,24,26-28,30,32-33,36,39,42,45-47,49,51-53,55,57-59,61,63-70,72,74-76H2,1-2H3,(H,85,88)/b7-5-,13-11-,19-17-,25-23-,31-29-,35-34-,38-37-,41-40-,44-43-,50-48-,56-54-,62-60-,73-71+. The van der Waals surface area contributed by atoms with Gasteiger partial charge in [-0.2, -0.15) is 0 Å². The van der Waals surface area contributed by atoms with Crippen molar-refractivity contribution in [3.05, 3.63) is 158 Å². The maximum Gasteiger partial charge on any atom is 0.220 e. The number of carbonyl (C=O) groups is 1. The van der Waals surface area contributed by atoms with Gasteiger partial charge >= 0.3 is 0 Å². The molecule has 1 fully saturated rings. The number of allylic oxidation sites excluding steroid dienone is 25. The first-order valence-electron chi connectivity index (χ1n) is 38.2. The van der Waals surface area contributed by atoms with E-state index < -0.39 is 49.5 Å². The summed E-state index contributed by atoms with van der Waals surface area (Å²) in [6.07, 6.45) is 104. The van der Waals surface area contributed by atoms with Crippen LogP contribution in [0, 0.1) is 0 Å². The molecule has 7 unspecified atom stereocenters. The minimum Gasteiger partial charge on any atom is -0.394 e. The van der Waals surface area contributed by atoms with Crippen molar-refractivity contribution in [2.75, 3.05) is 13.2 Å². The molecule has 0 bridgehead atoms. The molecule has 0 aromatic heterocycles. The molecule has 1 aliphatic heterocycles. The number of hydrogen-bond donors (Lipinski definition) is 6. The van der Waals surface area contributed by atoms with Crippen LogP contribution in [-0.2, 0) is 14.3 Å². The predicted octanol–water partition coefficient (Wildman–Crippen LogP) is 21.9. The summed E-state index contributed by atoms with van der Waals surface area (Å²) >= 11 is 0. The Morgan fingerprint density at radius 3 is 0.989 bits per heavy atom. The third-order valence-electron chi connectivity index (χ3n) is 17.1. The highest BCUT2D eigenvalue weighted by Gasteiger charge is 2.44. The SMILES string of the molecule is CC/C=C\C/C=C\C/C=C\C/C=C\C/C=C\C/C=C\C/C=C\C/C=C\C/C=C\C/C=C\C/C=C\C/C=C\CCCCCCC(=O)NC(COC1OC(CO)C(O)C(O)C1O)C(O)/C=C/CCCCCCCCCCCCCCCCCCCCCCCCCCCCC. The number of unbranched alkanes of at least 4 members (excludes halogenated alkanes) is 31. The van der Waals surface area contributed by atoms with Gasteiger partial charge in [-0.05, 0) is 109 Å². The third kappa shape index (κ3) is 58.9. The molecule has 9 heteroatoms. The lowest BCUT2D eigenvalue weighted by Gasteiger charge is -2.40. The number of rotatable bonds is 65. The van der Waals surface area contributed by atoms with Crippen LogP contribution in [0.1, 0.15) is 309 Å². The van der Waals surface area contributed by atoms with E-state index in [1.165, 1.54) is 161 Å². The summed E-state index contributed by atoms with van der Waals surface area (Å²) in [5.74, 6) is -0.204. The van der Waals surface area contributed by atoms with Crippen LogP contribution in [0.25, 0.3) is 0 Å². The lowest BCUT2D eigenvalue weighted by Crippen LogP contribution is -2.60. The number of carbonyl (C=O) groups excluding carboxylic acids is 1. The van der Waals surface area contributed by atoms with Crippen LogP contribution in [0.15, 0.2) is 158 Å².